The van der Waals surface area contributed by atoms with E-state index in [1.165, 1.54) is 4.90 Å². The Morgan fingerprint density at radius 3 is 2.50 bits per heavy atom. The fraction of sp³-hybridized carbons (Fsp3) is 0.500. The number of carbonyl (C=O) groups is 2. The molecule has 0 radical (unpaired) electrons. The summed E-state index contributed by atoms with van der Waals surface area (Å²) in [6.07, 6.45) is 1.70. The molecule has 0 atom stereocenters. The van der Waals surface area contributed by atoms with Crippen LogP contribution < -0.4 is 11.5 Å². The van der Waals surface area contributed by atoms with E-state index in [1.54, 1.807) is 16.8 Å². The van der Waals surface area contributed by atoms with Crippen LogP contribution in [0, 0.1) is 0 Å². The van der Waals surface area contributed by atoms with Gasteiger partial charge in [-0.3, -0.25) is 9.59 Å². The highest BCUT2D eigenvalue weighted by Crippen LogP contribution is 2.14. The molecule has 1 rings (SSSR count). The number of carbonyl (C=O) groups excluding carboxylic acids is 2. The molecule has 1 aromatic rings. The second-order valence-electron chi connectivity index (χ2n) is 4.44. The number of nitrogen functional groups attached to an aromatic ring is 1. The smallest absolute Gasteiger partial charge is 0.271 e. The molecule has 2 amide bonds. The van der Waals surface area contributed by atoms with Gasteiger partial charge in [0.25, 0.3) is 5.91 Å². The first kappa shape index (κ1) is 14.1. The van der Waals surface area contributed by atoms with Crippen molar-refractivity contribution >= 4 is 17.5 Å². The maximum atomic E-state index is 12.4. The number of nitrogens with two attached hydrogens (primary N) is 2. The van der Waals surface area contributed by atoms with Crippen molar-refractivity contribution in [2.45, 2.75) is 33.4 Å². The normalized spacial score (nSPS) is 10.7. The summed E-state index contributed by atoms with van der Waals surface area (Å²) in [7, 11) is 0. The van der Waals surface area contributed by atoms with Gasteiger partial charge < -0.3 is 20.9 Å². The summed E-state index contributed by atoms with van der Waals surface area (Å²) in [5.74, 6) is -0.762. The van der Waals surface area contributed by atoms with Crippen LogP contribution in [0.2, 0.25) is 0 Å². The molecule has 0 aromatic carbocycles. The lowest BCUT2D eigenvalue weighted by molar-refractivity contribution is -0.119. The van der Waals surface area contributed by atoms with Gasteiger partial charge in [-0.15, -0.1) is 0 Å². The topological polar surface area (TPSA) is 94.3 Å². The highest BCUT2D eigenvalue weighted by atomic mass is 16.2. The van der Waals surface area contributed by atoms with Crippen molar-refractivity contribution in [3.8, 4) is 0 Å². The average Bonchev–Trinajstić information content (AvgIpc) is 2.65. The summed E-state index contributed by atoms with van der Waals surface area (Å²) in [5.41, 5.74) is 11.9. The highest BCUT2D eigenvalue weighted by molar-refractivity contribution is 5.96. The summed E-state index contributed by atoms with van der Waals surface area (Å²) >= 11 is 0. The van der Waals surface area contributed by atoms with E-state index >= 15 is 0 Å². The Labute approximate surface area is 107 Å². The second-order valence-corrected chi connectivity index (χ2v) is 4.44. The molecule has 100 valence electrons. The zero-order valence-corrected chi connectivity index (χ0v) is 11.0. The Morgan fingerprint density at radius 1 is 1.44 bits per heavy atom. The molecule has 6 heteroatoms. The van der Waals surface area contributed by atoms with Crippen LogP contribution in [0.4, 0.5) is 5.69 Å². The van der Waals surface area contributed by atoms with Gasteiger partial charge in [0, 0.05) is 18.8 Å². The quantitative estimate of drug-likeness (QED) is 0.795. The number of nitrogens with zero attached hydrogens (tertiary/aromatic N) is 2. The van der Waals surface area contributed by atoms with E-state index < -0.39 is 5.91 Å². The van der Waals surface area contributed by atoms with Crippen LogP contribution in [0.5, 0.6) is 0 Å². The Kier molecular flexibility index (Phi) is 4.36. The van der Waals surface area contributed by atoms with Crippen LogP contribution in [0.25, 0.3) is 0 Å². The number of rotatable bonds is 5. The minimum Gasteiger partial charge on any atom is -0.397 e. The molecule has 0 saturated carbocycles. The minimum absolute atomic E-state index is 0.0920. The lowest BCUT2D eigenvalue weighted by Crippen LogP contribution is -2.43. The van der Waals surface area contributed by atoms with Gasteiger partial charge in [-0.05, 0) is 26.8 Å². The van der Waals surface area contributed by atoms with Crippen LogP contribution in [0.3, 0.4) is 0 Å². The van der Waals surface area contributed by atoms with Gasteiger partial charge in [0.15, 0.2) is 0 Å². The number of hydrogen-bond acceptors (Lipinski definition) is 3. The number of aromatic nitrogens is 1. The second kappa shape index (κ2) is 5.57. The van der Waals surface area contributed by atoms with Crippen molar-refractivity contribution in [2.75, 3.05) is 12.3 Å². The molecule has 1 aromatic heterocycles. The predicted octanol–water partition coefficient (Wildman–Crippen LogP) is 0.426. The van der Waals surface area contributed by atoms with E-state index in [0.717, 1.165) is 0 Å². The summed E-state index contributed by atoms with van der Waals surface area (Å²) in [6.45, 7) is 6.14. The Bertz CT molecular complexity index is 451. The Balaban J connectivity index is 3.05. The standard InChI is InChI=1S/C12H20N4O2/c1-4-15-6-9(13)5-10(15)12(18)16(8(2)3)7-11(14)17/h5-6,8H,4,7,13H2,1-3H3,(H2,14,17). The van der Waals surface area contributed by atoms with Crippen molar-refractivity contribution in [2.24, 2.45) is 5.73 Å². The maximum Gasteiger partial charge on any atom is 0.271 e. The van der Waals surface area contributed by atoms with Crippen molar-refractivity contribution in [1.29, 1.82) is 0 Å². The lowest BCUT2D eigenvalue weighted by Gasteiger charge is -2.25. The van der Waals surface area contributed by atoms with E-state index in [4.69, 9.17) is 11.5 Å². The molecule has 0 spiro atoms. The van der Waals surface area contributed by atoms with Crippen LogP contribution in [-0.4, -0.2) is 33.9 Å². The predicted molar refractivity (Wildman–Crippen MR) is 69.9 cm³/mol. The molecular weight excluding hydrogens is 232 g/mol. The number of amides is 2. The molecular formula is C12H20N4O2. The summed E-state index contributed by atoms with van der Waals surface area (Å²) in [5, 5.41) is 0. The van der Waals surface area contributed by atoms with Gasteiger partial charge in [0.2, 0.25) is 5.91 Å². The van der Waals surface area contributed by atoms with Crippen molar-refractivity contribution in [3.05, 3.63) is 18.0 Å². The zero-order valence-electron chi connectivity index (χ0n) is 11.0. The fourth-order valence-electron chi connectivity index (χ4n) is 1.78. The van der Waals surface area contributed by atoms with Crippen LogP contribution >= 0.6 is 0 Å². The maximum absolute atomic E-state index is 12.4. The average molecular weight is 252 g/mol. The summed E-state index contributed by atoms with van der Waals surface area (Å²) in [6, 6.07) is 1.51. The van der Waals surface area contributed by atoms with E-state index in [0.29, 0.717) is 17.9 Å². The van der Waals surface area contributed by atoms with E-state index in [9.17, 15) is 9.59 Å². The number of hydrogen-bond donors (Lipinski definition) is 2. The zero-order chi connectivity index (χ0) is 13.9. The van der Waals surface area contributed by atoms with Gasteiger partial charge in [0.05, 0.1) is 12.2 Å². The molecule has 18 heavy (non-hydrogen) atoms. The van der Waals surface area contributed by atoms with E-state index in [-0.39, 0.29) is 18.5 Å². The fourth-order valence-corrected chi connectivity index (χ4v) is 1.78. The molecule has 0 aliphatic heterocycles. The molecule has 0 unspecified atom stereocenters. The van der Waals surface area contributed by atoms with Gasteiger partial charge in [-0.25, -0.2) is 0 Å². The Morgan fingerprint density at radius 2 is 2.06 bits per heavy atom. The first-order valence-electron chi connectivity index (χ1n) is 5.91. The molecule has 1 heterocycles. The van der Waals surface area contributed by atoms with Gasteiger partial charge >= 0.3 is 0 Å². The van der Waals surface area contributed by atoms with Crippen LogP contribution in [0.1, 0.15) is 31.3 Å². The molecule has 0 bridgehead atoms. The third kappa shape index (κ3) is 3.03. The van der Waals surface area contributed by atoms with Gasteiger partial charge in [-0.1, -0.05) is 0 Å². The SMILES string of the molecule is CCn1cc(N)cc1C(=O)N(CC(N)=O)C(C)C. The largest absolute Gasteiger partial charge is 0.397 e. The Hall–Kier alpha value is -1.98. The molecule has 4 N–H and O–H groups in total. The van der Waals surface area contributed by atoms with Crippen LogP contribution in [-0.2, 0) is 11.3 Å². The van der Waals surface area contributed by atoms with E-state index in [1.807, 2.05) is 20.8 Å². The molecule has 6 nitrogen and oxygen atoms in total. The first-order valence-corrected chi connectivity index (χ1v) is 5.91. The highest BCUT2D eigenvalue weighted by Gasteiger charge is 2.23. The monoisotopic (exact) mass is 252 g/mol. The summed E-state index contributed by atoms with van der Waals surface area (Å²) in [4.78, 5) is 24.8. The molecule has 0 fully saturated rings. The van der Waals surface area contributed by atoms with Gasteiger partial charge in [-0.2, -0.15) is 0 Å². The van der Waals surface area contributed by atoms with Crippen molar-refractivity contribution < 1.29 is 9.59 Å². The van der Waals surface area contributed by atoms with Crippen molar-refractivity contribution in [1.82, 2.24) is 9.47 Å². The number of primary amides is 1. The molecule has 0 saturated heterocycles. The van der Waals surface area contributed by atoms with Crippen molar-refractivity contribution in [3.63, 3.8) is 0 Å². The lowest BCUT2D eigenvalue weighted by atomic mass is 10.2. The summed E-state index contributed by atoms with van der Waals surface area (Å²) < 4.78 is 1.76. The minimum atomic E-state index is -0.528. The molecule has 0 aliphatic rings. The number of aryl methyl sites for hydroxylation is 1. The van der Waals surface area contributed by atoms with E-state index in [2.05, 4.69) is 0 Å². The molecule has 0 aliphatic carbocycles. The van der Waals surface area contributed by atoms with Gasteiger partial charge in [0.1, 0.15) is 5.69 Å². The third-order valence-electron chi connectivity index (χ3n) is 2.69. The third-order valence-corrected chi connectivity index (χ3v) is 2.69. The van der Waals surface area contributed by atoms with Crippen LogP contribution in [0.15, 0.2) is 12.3 Å². The first-order chi connectivity index (χ1) is 8.36. The number of anilines is 1.